The van der Waals surface area contributed by atoms with E-state index in [9.17, 15) is 4.79 Å². The molecule has 1 aliphatic heterocycles. The van der Waals surface area contributed by atoms with Gasteiger partial charge in [0.15, 0.2) is 0 Å². The third-order valence-corrected chi connectivity index (χ3v) is 4.14. The number of hydrogen-bond donors (Lipinski definition) is 0. The first-order chi connectivity index (χ1) is 8.24. The van der Waals surface area contributed by atoms with Crippen LogP contribution in [0.4, 0.5) is 0 Å². The van der Waals surface area contributed by atoms with E-state index in [2.05, 4.69) is 6.08 Å². The van der Waals surface area contributed by atoms with Crippen molar-refractivity contribution in [2.45, 2.75) is 13.0 Å². The third kappa shape index (κ3) is 1.96. The summed E-state index contributed by atoms with van der Waals surface area (Å²) in [4.78, 5) is 12.0. The molecule has 2 nitrogen and oxygen atoms in total. The van der Waals surface area contributed by atoms with Gasteiger partial charge in [0, 0.05) is 11.6 Å². The summed E-state index contributed by atoms with van der Waals surface area (Å²) in [5, 5.41) is 0.709. The van der Waals surface area contributed by atoms with Crippen LogP contribution < -0.4 is 14.8 Å². The van der Waals surface area contributed by atoms with Gasteiger partial charge in [0.2, 0.25) is 0 Å². The van der Waals surface area contributed by atoms with Crippen molar-refractivity contribution < 1.29 is 0 Å². The van der Waals surface area contributed by atoms with E-state index in [1.54, 1.807) is 11.3 Å². The van der Waals surface area contributed by atoms with Crippen LogP contribution in [0.5, 0.6) is 0 Å². The lowest BCUT2D eigenvalue weighted by Gasteiger charge is -1.92. The van der Waals surface area contributed by atoms with Gasteiger partial charge in [-0.15, -0.1) is 11.3 Å². The molecule has 0 radical (unpaired) electrons. The maximum atomic E-state index is 12.0. The highest BCUT2D eigenvalue weighted by Gasteiger charge is 2.07. The molecule has 0 spiro atoms. The van der Waals surface area contributed by atoms with E-state index in [0.29, 0.717) is 5.02 Å². The lowest BCUT2D eigenvalue weighted by Crippen LogP contribution is -2.29. The minimum atomic E-state index is 0.119. The van der Waals surface area contributed by atoms with Gasteiger partial charge in [-0.1, -0.05) is 23.7 Å². The molecule has 0 saturated heterocycles. The van der Waals surface area contributed by atoms with Gasteiger partial charge in [-0.2, -0.15) is 0 Å². The molecule has 0 saturated carbocycles. The van der Waals surface area contributed by atoms with Crippen molar-refractivity contribution in [3.8, 4) is 0 Å². The van der Waals surface area contributed by atoms with Crippen molar-refractivity contribution in [3.63, 3.8) is 0 Å². The largest absolute Gasteiger partial charge is 0.299 e. The zero-order chi connectivity index (χ0) is 11.8. The first kappa shape index (κ1) is 10.8. The maximum absolute atomic E-state index is 12.0. The molecule has 0 atom stereocenters. The van der Waals surface area contributed by atoms with Gasteiger partial charge >= 0.3 is 0 Å². The summed E-state index contributed by atoms with van der Waals surface area (Å²) in [7, 11) is 0. The molecule has 86 valence electrons. The van der Waals surface area contributed by atoms with Crippen LogP contribution in [-0.2, 0) is 6.54 Å². The van der Waals surface area contributed by atoms with Crippen molar-refractivity contribution in [1.29, 1.82) is 0 Å². The monoisotopic (exact) mass is 263 g/mol. The van der Waals surface area contributed by atoms with Crippen molar-refractivity contribution in [2.24, 2.45) is 0 Å². The summed E-state index contributed by atoms with van der Waals surface area (Å²) >= 11 is 7.38. The van der Waals surface area contributed by atoms with E-state index < -0.39 is 0 Å². The van der Waals surface area contributed by atoms with Gasteiger partial charge in [-0.25, -0.2) is 0 Å². The molecule has 0 N–H and O–H groups in total. The van der Waals surface area contributed by atoms with E-state index in [1.165, 1.54) is 0 Å². The van der Waals surface area contributed by atoms with Crippen LogP contribution in [0.3, 0.4) is 0 Å². The van der Waals surface area contributed by atoms with Gasteiger partial charge < -0.3 is 0 Å². The number of fused-ring (bicyclic) bond motifs is 1. The summed E-state index contributed by atoms with van der Waals surface area (Å²) in [5.41, 5.74) is 1.13. The molecule has 0 fully saturated rings. The Labute approximate surface area is 107 Å². The Hall–Kier alpha value is -1.32. The molecule has 4 heteroatoms. The maximum Gasteiger partial charge on any atom is 0.269 e. The predicted molar refractivity (Wildman–Crippen MR) is 71.9 cm³/mol. The van der Waals surface area contributed by atoms with Crippen LogP contribution in [-0.4, -0.2) is 4.57 Å². The molecule has 2 aromatic rings. The summed E-state index contributed by atoms with van der Waals surface area (Å²) in [6, 6.07) is 7.50. The first-order valence-corrected chi connectivity index (χ1v) is 6.60. The summed E-state index contributed by atoms with van der Waals surface area (Å²) in [5.74, 6) is 0. The van der Waals surface area contributed by atoms with E-state index in [0.717, 1.165) is 27.7 Å². The van der Waals surface area contributed by atoms with E-state index in [1.807, 2.05) is 34.9 Å². The average Bonchev–Trinajstić information content (AvgIpc) is 2.87. The molecule has 1 aromatic carbocycles. The Morgan fingerprint density at radius 2 is 2.06 bits per heavy atom. The molecule has 17 heavy (non-hydrogen) atoms. The van der Waals surface area contributed by atoms with E-state index in [4.69, 9.17) is 11.6 Å². The molecule has 1 aromatic heterocycles. The minimum absolute atomic E-state index is 0.119. The standard InChI is InChI=1S/C13H10ClNOS/c14-10-5-3-9(4-6-10)8-11-13(16)15-7-1-2-12(15)17-11/h2-6,8H,1,7H2/b11-8-. The normalized spacial score (nSPS) is 14.8. The van der Waals surface area contributed by atoms with Crippen LogP contribution in [0.25, 0.3) is 12.2 Å². The number of nitrogens with zero attached hydrogens (tertiary/aromatic N) is 1. The second-order valence-electron chi connectivity index (χ2n) is 3.95. The average molecular weight is 264 g/mol. The van der Waals surface area contributed by atoms with Crippen LogP contribution in [0.2, 0.25) is 5.02 Å². The predicted octanol–water partition coefficient (Wildman–Crippen LogP) is 1.58. The number of halogens is 1. The molecule has 0 amide bonds. The van der Waals surface area contributed by atoms with Crippen LogP contribution in [0.1, 0.15) is 12.0 Å². The van der Waals surface area contributed by atoms with Crippen molar-refractivity contribution in [3.05, 3.63) is 54.4 Å². The zero-order valence-electron chi connectivity index (χ0n) is 9.02. The molecular formula is C13H10ClNOS. The van der Waals surface area contributed by atoms with Crippen LogP contribution >= 0.6 is 22.9 Å². The first-order valence-electron chi connectivity index (χ1n) is 5.41. The SMILES string of the molecule is O=c1/c(=C/c2ccc(Cl)cc2)sc2n1CCC=2. The Balaban J connectivity index is 2.17. The number of rotatable bonds is 1. The fraction of sp³-hybridized carbons (Fsp3) is 0.154. The van der Waals surface area contributed by atoms with Crippen LogP contribution in [0.15, 0.2) is 29.1 Å². The summed E-state index contributed by atoms with van der Waals surface area (Å²) in [6.45, 7) is 0.819. The van der Waals surface area contributed by atoms with Gasteiger partial charge in [0.1, 0.15) is 0 Å². The molecule has 0 aliphatic carbocycles. The second kappa shape index (κ2) is 4.17. The molecule has 2 heterocycles. The molecule has 0 bridgehead atoms. The Kier molecular flexibility index (Phi) is 2.65. The molecular weight excluding hydrogens is 254 g/mol. The Morgan fingerprint density at radius 3 is 2.76 bits per heavy atom. The summed E-state index contributed by atoms with van der Waals surface area (Å²) in [6.07, 6.45) is 5.01. The third-order valence-electron chi connectivity index (χ3n) is 2.78. The number of aromatic nitrogens is 1. The highest BCUT2D eigenvalue weighted by molar-refractivity contribution is 7.07. The fourth-order valence-electron chi connectivity index (χ4n) is 1.93. The Bertz CT molecular complexity index is 724. The second-order valence-corrected chi connectivity index (χ2v) is 5.45. The number of thiazole rings is 1. The molecule has 0 unspecified atom stereocenters. The van der Waals surface area contributed by atoms with E-state index in [-0.39, 0.29) is 5.56 Å². The molecule has 1 aliphatic rings. The number of hydrogen-bond acceptors (Lipinski definition) is 2. The molecule has 3 rings (SSSR count). The van der Waals surface area contributed by atoms with Crippen LogP contribution in [0, 0.1) is 0 Å². The van der Waals surface area contributed by atoms with Crippen molar-refractivity contribution in [2.75, 3.05) is 0 Å². The lowest BCUT2D eigenvalue weighted by atomic mass is 10.2. The minimum Gasteiger partial charge on any atom is -0.299 e. The quantitative estimate of drug-likeness (QED) is 0.766. The van der Waals surface area contributed by atoms with E-state index >= 15 is 0 Å². The van der Waals surface area contributed by atoms with Crippen molar-refractivity contribution >= 4 is 35.1 Å². The van der Waals surface area contributed by atoms with Gasteiger partial charge in [-0.3, -0.25) is 9.36 Å². The van der Waals surface area contributed by atoms with Crippen molar-refractivity contribution in [1.82, 2.24) is 4.57 Å². The highest BCUT2D eigenvalue weighted by atomic mass is 35.5. The van der Waals surface area contributed by atoms with Gasteiger partial charge in [0.05, 0.1) is 9.20 Å². The Morgan fingerprint density at radius 1 is 1.29 bits per heavy atom. The van der Waals surface area contributed by atoms with Gasteiger partial charge in [0.25, 0.3) is 5.56 Å². The highest BCUT2D eigenvalue weighted by Crippen LogP contribution is 2.09. The lowest BCUT2D eigenvalue weighted by molar-refractivity contribution is 0.723. The zero-order valence-corrected chi connectivity index (χ0v) is 10.6. The topological polar surface area (TPSA) is 22.0 Å². The van der Waals surface area contributed by atoms with Gasteiger partial charge in [-0.05, 0) is 36.3 Å². The summed E-state index contributed by atoms with van der Waals surface area (Å²) < 4.78 is 3.71. The number of benzene rings is 1. The fourth-order valence-corrected chi connectivity index (χ4v) is 3.16. The smallest absolute Gasteiger partial charge is 0.269 e.